The van der Waals surface area contributed by atoms with Crippen molar-refractivity contribution in [3.63, 3.8) is 0 Å². The monoisotopic (exact) mass is 495 g/mol. The number of thiocarbonyl (C=S) groups is 1. The molecule has 182 valence electrons. The fraction of sp³-hybridized carbons (Fsp3) is 0.304. The summed E-state index contributed by atoms with van der Waals surface area (Å²) in [4.78, 5) is 14.2. The molecule has 1 heterocycles. The smallest absolute Gasteiger partial charge is 0.416 e. The predicted molar refractivity (Wildman–Crippen MR) is 127 cm³/mol. The number of ether oxygens (including phenoxy) is 3. The number of amides is 1. The third-order valence-electron chi connectivity index (χ3n) is 5.00. The standard InChI is InChI=1S/C23H24F3N3O4S/c1-31-19-7-3-15(13-20(19)32-2)4-8-21(30)28-22(34)27-17-14-16(23(24,25)26)5-6-18(17)29-9-11-33-12-10-29/h3-8,13-14H,9-12H2,1-2H3,(H2,27,28,30,34)/b8-4+. The number of carbonyl (C=O) groups is 1. The minimum atomic E-state index is -4.52. The zero-order chi connectivity index (χ0) is 24.7. The summed E-state index contributed by atoms with van der Waals surface area (Å²) in [7, 11) is 3.02. The van der Waals surface area contributed by atoms with Crippen LogP contribution >= 0.6 is 12.2 Å². The maximum absolute atomic E-state index is 13.3. The average Bonchev–Trinajstić information content (AvgIpc) is 2.82. The second-order valence-electron chi connectivity index (χ2n) is 7.22. The zero-order valence-electron chi connectivity index (χ0n) is 18.6. The second-order valence-corrected chi connectivity index (χ2v) is 7.63. The molecule has 1 aliphatic heterocycles. The topological polar surface area (TPSA) is 72.1 Å². The van der Waals surface area contributed by atoms with Gasteiger partial charge in [-0.1, -0.05) is 6.07 Å². The predicted octanol–water partition coefficient (Wildman–Crippen LogP) is 4.09. The molecule has 2 aromatic rings. The van der Waals surface area contributed by atoms with E-state index in [1.54, 1.807) is 24.3 Å². The van der Waals surface area contributed by atoms with Crippen LogP contribution in [0.3, 0.4) is 0 Å². The van der Waals surface area contributed by atoms with Gasteiger partial charge < -0.3 is 24.4 Å². The van der Waals surface area contributed by atoms with Crippen molar-refractivity contribution in [3.8, 4) is 11.5 Å². The number of methoxy groups -OCH3 is 2. The number of nitrogens with zero attached hydrogens (tertiary/aromatic N) is 1. The fourth-order valence-corrected chi connectivity index (χ4v) is 3.54. The molecule has 34 heavy (non-hydrogen) atoms. The van der Waals surface area contributed by atoms with Crippen molar-refractivity contribution in [2.45, 2.75) is 6.18 Å². The van der Waals surface area contributed by atoms with Gasteiger partial charge in [-0.15, -0.1) is 0 Å². The van der Waals surface area contributed by atoms with E-state index in [4.69, 9.17) is 26.4 Å². The summed E-state index contributed by atoms with van der Waals surface area (Å²) in [5.41, 5.74) is 0.535. The van der Waals surface area contributed by atoms with E-state index < -0.39 is 17.6 Å². The number of morpholine rings is 1. The molecule has 3 rings (SSSR count). The Kier molecular flexibility index (Phi) is 8.35. The molecule has 0 bridgehead atoms. The average molecular weight is 496 g/mol. The van der Waals surface area contributed by atoms with Gasteiger partial charge in [-0.2, -0.15) is 13.2 Å². The van der Waals surface area contributed by atoms with E-state index in [-0.39, 0.29) is 10.8 Å². The number of halogens is 3. The van der Waals surface area contributed by atoms with Gasteiger partial charge in [-0.3, -0.25) is 10.1 Å². The Labute approximate surface area is 200 Å². The largest absolute Gasteiger partial charge is 0.493 e. The molecule has 0 atom stereocenters. The highest BCUT2D eigenvalue weighted by atomic mass is 32.1. The SMILES string of the molecule is COc1ccc(/C=C/C(=O)NC(=S)Nc2cc(C(F)(F)F)ccc2N2CCOCC2)cc1OC. The Morgan fingerprint density at radius 2 is 1.79 bits per heavy atom. The molecule has 2 aromatic carbocycles. The summed E-state index contributed by atoms with van der Waals surface area (Å²) in [6.45, 7) is 1.96. The molecule has 7 nitrogen and oxygen atoms in total. The second kappa shape index (κ2) is 11.2. The first-order valence-corrected chi connectivity index (χ1v) is 10.7. The van der Waals surface area contributed by atoms with Crippen molar-refractivity contribution >= 4 is 40.7 Å². The van der Waals surface area contributed by atoms with Crippen LogP contribution in [0.1, 0.15) is 11.1 Å². The first-order chi connectivity index (χ1) is 16.2. The van der Waals surface area contributed by atoms with E-state index in [9.17, 15) is 18.0 Å². The van der Waals surface area contributed by atoms with Crippen LogP contribution < -0.4 is 25.0 Å². The quantitative estimate of drug-likeness (QED) is 0.462. The molecule has 1 fully saturated rings. The van der Waals surface area contributed by atoms with E-state index in [0.29, 0.717) is 49.1 Å². The molecule has 0 spiro atoms. The van der Waals surface area contributed by atoms with Gasteiger partial charge in [0.25, 0.3) is 0 Å². The van der Waals surface area contributed by atoms with Gasteiger partial charge in [0.1, 0.15) is 0 Å². The van der Waals surface area contributed by atoms with Crippen molar-refractivity contribution in [2.75, 3.05) is 50.7 Å². The van der Waals surface area contributed by atoms with Gasteiger partial charge in [0, 0.05) is 19.2 Å². The number of carbonyl (C=O) groups excluding carboxylic acids is 1. The van der Waals surface area contributed by atoms with E-state index >= 15 is 0 Å². The zero-order valence-corrected chi connectivity index (χ0v) is 19.4. The van der Waals surface area contributed by atoms with Crippen molar-refractivity contribution in [1.29, 1.82) is 0 Å². The molecule has 0 aromatic heterocycles. The third kappa shape index (κ3) is 6.61. The normalized spacial score (nSPS) is 14.1. The lowest BCUT2D eigenvalue weighted by atomic mass is 10.1. The number of benzene rings is 2. The van der Waals surface area contributed by atoms with Crippen LogP contribution in [0, 0.1) is 0 Å². The lowest BCUT2D eigenvalue weighted by molar-refractivity contribution is -0.137. The van der Waals surface area contributed by atoms with Crippen LogP contribution in [0.2, 0.25) is 0 Å². The van der Waals surface area contributed by atoms with Crippen molar-refractivity contribution in [3.05, 3.63) is 53.6 Å². The summed E-state index contributed by atoms with van der Waals surface area (Å²) in [5, 5.41) is 5.05. The molecular formula is C23H24F3N3O4S. The number of nitrogens with one attached hydrogen (secondary N) is 2. The third-order valence-corrected chi connectivity index (χ3v) is 5.20. The highest BCUT2D eigenvalue weighted by Gasteiger charge is 2.31. The minimum absolute atomic E-state index is 0.129. The van der Waals surface area contributed by atoms with Crippen molar-refractivity contribution in [2.24, 2.45) is 0 Å². The molecule has 1 amide bonds. The highest BCUT2D eigenvalue weighted by molar-refractivity contribution is 7.80. The maximum atomic E-state index is 13.3. The van der Waals surface area contributed by atoms with Gasteiger partial charge >= 0.3 is 6.18 Å². The van der Waals surface area contributed by atoms with Crippen molar-refractivity contribution < 1.29 is 32.2 Å². The molecule has 0 unspecified atom stereocenters. The van der Waals surface area contributed by atoms with E-state index in [1.165, 1.54) is 26.4 Å². The van der Waals surface area contributed by atoms with Gasteiger partial charge in [-0.25, -0.2) is 0 Å². The maximum Gasteiger partial charge on any atom is 0.416 e. The molecule has 1 aliphatic rings. The summed E-state index contributed by atoms with van der Waals surface area (Å²) in [6.07, 6.45) is -1.72. The van der Waals surface area contributed by atoms with Crippen molar-refractivity contribution in [1.82, 2.24) is 5.32 Å². The van der Waals surface area contributed by atoms with Crippen LogP contribution in [0.4, 0.5) is 24.5 Å². The summed E-state index contributed by atoms with van der Waals surface area (Å²) in [5.74, 6) is 0.501. The van der Waals surface area contributed by atoms with Crippen LogP contribution in [-0.4, -0.2) is 51.5 Å². The van der Waals surface area contributed by atoms with E-state index in [2.05, 4.69) is 10.6 Å². The Hall–Kier alpha value is -3.31. The Morgan fingerprint density at radius 1 is 1.09 bits per heavy atom. The van der Waals surface area contributed by atoms with E-state index in [0.717, 1.165) is 12.1 Å². The lowest BCUT2D eigenvalue weighted by Crippen LogP contribution is -2.38. The number of hydrogen-bond acceptors (Lipinski definition) is 6. The molecule has 0 aliphatic carbocycles. The Balaban J connectivity index is 1.71. The lowest BCUT2D eigenvalue weighted by Gasteiger charge is -2.31. The van der Waals surface area contributed by atoms with Gasteiger partial charge in [0.15, 0.2) is 16.6 Å². The summed E-state index contributed by atoms with van der Waals surface area (Å²) in [6, 6.07) is 8.50. The molecular weight excluding hydrogens is 471 g/mol. The van der Waals surface area contributed by atoms with Crippen LogP contribution in [0.15, 0.2) is 42.5 Å². The molecule has 2 N–H and O–H groups in total. The first kappa shape index (κ1) is 25.3. The highest BCUT2D eigenvalue weighted by Crippen LogP contribution is 2.35. The van der Waals surface area contributed by atoms with Gasteiger partial charge in [-0.05, 0) is 54.2 Å². The number of hydrogen-bond donors (Lipinski definition) is 2. The summed E-state index contributed by atoms with van der Waals surface area (Å²) >= 11 is 5.18. The summed E-state index contributed by atoms with van der Waals surface area (Å²) < 4.78 is 55.5. The molecule has 0 radical (unpaired) electrons. The minimum Gasteiger partial charge on any atom is -0.493 e. The molecule has 11 heteroatoms. The Bertz CT molecular complexity index is 1070. The van der Waals surface area contributed by atoms with Crippen LogP contribution in [-0.2, 0) is 15.7 Å². The number of alkyl halides is 3. The fourth-order valence-electron chi connectivity index (χ4n) is 3.33. The molecule has 0 saturated carbocycles. The van der Waals surface area contributed by atoms with Gasteiger partial charge in [0.05, 0.1) is 44.4 Å². The van der Waals surface area contributed by atoms with E-state index in [1.807, 2.05) is 4.90 Å². The van der Waals surface area contributed by atoms with Crippen LogP contribution in [0.25, 0.3) is 6.08 Å². The molecule has 1 saturated heterocycles. The van der Waals surface area contributed by atoms with Crippen LogP contribution in [0.5, 0.6) is 11.5 Å². The number of rotatable bonds is 6. The van der Waals surface area contributed by atoms with Gasteiger partial charge in [0.2, 0.25) is 5.91 Å². The number of anilines is 2. The Morgan fingerprint density at radius 3 is 2.44 bits per heavy atom. The first-order valence-electron chi connectivity index (χ1n) is 10.3.